The first kappa shape index (κ1) is 21.8. The predicted molar refractivity (Wildman–Crippen MR) is 125 cm³/mol. The molecule has 33 heavy (non-hydrogen) atoms. The summed E-state index contributed by atoms with van der Waals surface area (Å²) in [7, 11) is 1.64. The standard InChI is InChI=1S/C27H30N2O4/c1-18(30)33-27-15-23(28)24(31)16-26(27)11-6-12-29(17-19-7-4-3-5-8-19)25(27)13-20-9-10-21(32-2)14-22(20)26/h3-5,7-10,14,25,28H,6,11-13,15-17H2,1-2H3/t25-,26-,27-/m1/s1. The number of rotatable bonds is 4. The van der Waals surface area contributed by atoms with Gasteiger partial charge in [-0.25, -0.2) is 0 Å². The minimum absolute atomic E-state index is 0.0600. The summed E-state index contributed by atoms with van der Waals surface area (Å²) in [5, 5.41) is 8.50. The van der Waals surface area contributed by atoms with Crippen molar-refractivity contribution in [2.75, 3.05) is 13.7 Å². The molecule has 2 fully saturated rings. The fraction of sp³-hybridized carbons (Fsp3) is 0.444. The minimum atomic E-state index is -0.964. The zero-order valence-electron chi connectivity index (χ0n) is 19.2. The molecular weight excluding hydrogens is 416 g/mol. The summed E-state index contributed by atoms with van der Waals surface area (Å²) in [5.41, 5.74) is 1.84. The van der Waals surface area contributed by atoms with E-state index in [2.05, 4.69) is 23.1 Å². The molecular formula is C27H30N2O4. The third kappa shape index (κ3) is 3.39. The molecule has 0 radical (unpaired) electrons. The number of likely N-dealkylation sites (tertiary alicyclic amines) is 1. The van der Waals surface area contributed by atoms with Crippen molar-refractivity contribution in [1.82, 2.24) is 4.90 Å². The lowest BCUT2D eigenvalue weighted by atomic mass is 9.51. The van der Waals surface area contributed by atoms with Gasteiger partial charge < -0.3 is 14.9 Å². The van der Waals surface area contributed by atoms with Crippen LogP contribution in [0.4, 0.5) is 0 Å². The fourth-order valence-electron chi connectivity index (χ4n) is 6.56. The minimum Gasteiger partial charge on any atom is -0.497 e. The summed E-state index contributed by atoms with van der Waals surface area (Å²) in [4.78, 5) is 28.0. The number of methoxy groups -OCH3 is 1. The Bertz CT molecular complexity index is 1110. The molecule has 0 unspecified atom stereocenters. The van der Waals surface area contributed by atoms with Crippen molar-refractivity contribution in [1.29, 1.82) is 5.41 Å². The van der Waals surface area contributed by atoms with E-state index in [0.717, 1.165) is 37.2 Å². The monoisotopic (exact) mass is 446 g/mol. The van der Waals surface area contributed by atoms with Gasteiger partial charge in [-0.1, -0.05) is 36.4 Å². The molecule has 2 aromatic carbocycles. The first-order chi connectivity index (χ1) is 15.9. The Hall–Kier alpha value is -2.99. The highest BCUT2D eigenvalue weighted by Gasteiger charge is 2.67. The Labute approximate surface area is 194 Å². The number of hydrogen-bond acceptors (Lipinski definition) is 6. The number of carbonyl (C=O) groups excluding carboxylic acids is 2. The average Bonchev–Trinajstić information content (AvgIpc) is 2.86. The van der Waals surface area contributed by atoms with Crippen LogP contribution in [0.3, 0.4) is 0 Å². The number of nitrogens with zero attached hydrogens (tertiary/aromatic N) is 1. The van der Waals surface area contributed by atoms with Crippen molar-refractivity contribution in [3.8, 4) is 5.75 Å². The quantitative estimate of drug-likeness (QED) is 0.722. The number of ether oxygens (including phenoxy) is 2. The third-order valence-corrected chi connectivity index (χ3v) is 7.88. The van der Waals surface area contributed by atoms with Gasteiger partial charge in [0, 0.05) is 31.7 Å². The van der Waals surface area contributed by atoms with Crippen LogP contribution in [-0.4, -0.2) is 47.7 Å². The Morgan fingerprint density at radius 3 is 2.70 bits per heavy atom. The predicted octanol–water partition coefficient (Wildman–Crippen LogP) is 3.84. The maximum absolute atomic E-state index is 13.0. The summed E-state index contributed by atoms with van der Waals surface area (Å²) in [6, 6.07) is 16.3. The van der Waals surface area contributed by atoms with Gasteiger partial charge >= 0.3 is 5.97 Å². The summed E-state index contributed by atoms with van der Waals surface area (Å²) in [6.45, 7) is 3.02. The maximum atomic E-state index is 13.0. The van der Waals surface area contributed by atoms with Gasteiger partial charge in [-0.15, -0.1) is 0 Å². The molecule has 3 aliphatic rings. The van der Waals surface area contributed by atoms with Crippen LogP contribution in [0.1, 0.15) is 49.3 Å². The van der Waals surface area contributed by atoms with E-state index in [4.69, 9.17) is 14.9 Å². The number of benzene rings is 2. The number of Topliss-reactive ketones (excluding diaryl/α,β-unsaturated/α-hetero) is 1. The third-order valence-electron chi connectivity index (χ3n) is 7.88. The van der Waals surface area contributed by atoms with Gasteiger partial charge in [-0.3, -0.25) is 14.5 Å². The average molecular weight is 447 g/mol. The molecule has 2 aromatic rings. The van der Waals surface area contributed by atoms with Gasteiger partial charge in [-0.2, -0.15) is 0 Å². The normalized spacial score (nSPS) is 29.0. The van der Waals surface area contributed by atoms with Crippen LogP contribution in [0.2, 0.25) is 0 Å². The Morgan fingerprint density at radius 1 is 1.18 bits per heavy atom. The second-order valence-electron chi connectivity index (χ2n) is 9.62. The lowest BCUT2D eigenvalue weighted by Gasteiger charge is -2.59. The lowest BCUT2D eigenvalue weighted by Crippen LogP contribution is -2.70. The highest BCUT2D eigenvalue weighted by molar-refractivity contribution is 6.40. The largest absolute Gasteiger partial charge is 0.497 e. The van der Waals surface area contributed by atoms with Crippen LogP contribution in [0.5, 0.6) is 5.75 Å². The smallest absolute Gasteiger partial charge is 0.303 e. The zero-order chi connectivity index (χ0) is 23.2. The molecule has 1 aliphatic heterocycles. The van der Waals surface area contributed by atoms with E-state index in [1.807, 2.05) is 30.3 Å². The van der Waals surface area contributed by atoms with E-state index in [1.165, 1.54) is 18.1 Å². The Kier molecular flexibility index (Phi) is 5.36. The number of nitrogens with one attached hydrogen (secondary N) is 1. The summed E-state index contributed by atoms with van der Waals surface area (Å²) in [6.07, 6.45) is 2.64. The van der Waals surface area contributed by atoms with Crippen LogP contribution in [0, 0.1) is 5.41 Å². The molecule has 3 atom stereocenters. The highest BCUT2D eigenvalue weighted by atomic mass is 16.6. The highest BCUT2D eigenvalue weighted by Crippen LogP contribution is 2.58. The van der Waals surface area contributed by atoms with Crippen molar-refractivity contribution < 1.29 is 19.1 Å². The van der Waals surface area contributed by atoms with E-state index in [0.29, 0.717) is 6.42 Å². The molecule has 6 heteroatoms. The number of carbonyl (C=O) groups is 2. The molecule has 0 spiro atoms. The molecule has 6 nitrogen and oxygen atoms in total. The van der Waals surface area contributed by atoms with E-state index < -0.39 is 11.0 Å². The van der Waals surface area contributed by atoms with Gasteiger partial charge in [-0.05, 0) is 54.6 Å². The van der Waals surface area contributed by atoms with Crippen LogP contribution in [-0.2, 0) is 32.7 Å². The van der Waals surface area contributed by atoms with Crippen LogP contribution < -0.4 is 4.74 Å². The van der Waals surface area contributed by atoms with Gasteiger partial charge in [0.2, 0.25) is 0 Å². The molecule has 1 N–H and O–H groups in total. The Morgan fingerprint density at radius 2 is 1.97 bits per heavy atom. The van der Waals surface area contributed by atoms with Crippen molar-refractivity contribution in [3.63, 3.8) is 0 Å². The molecule has 1 saturated heterocycles. The SMILES string of the molecule is COc1ccc2c(c1)[C@]13CCCN(Cc4ccccc4)[C@H](C2)[C@]1(OC(C)=O)CC(=N)C(=O)C3. The Balaban J connectivity index is 1.72. The van der Waals surface area contributed by atoms with Gasteiger partial charge in [0.05, 0.1) is 18.9 Å². The molecule has 0 aromatic heterocycles. The molecule has 1 heterocycles. The molecule has 0 amide bonds. The number of esters is 1. The van der Waals surface area contributed by atoms with E-state index in [9.17, 15) is 9.59 Å². The number of fused-ring (bicyclic) bond motifs is 1. The van der Waals surface area contributed by atoms with Crippen molar-refractivity contribution >= 4 is 17.5 Å². The van der Waals surface area contributed by atoms with Crippen LogP contribution in [0.25, 0.3) is 0 Å². The van der Waals surface area contributed by atoms with Crippen molar-refractivity contribution in [3.05, 3.63) is 65.2 Å². The maximum Gasteiger partial charge on any atom is 0.303 e. The fourth-order valence-corrected chi connectivity index (χ4v) is 6.56. The molecule has 172 valence electrons. The summed E-state index contributed by atoms with van der Waals surface area (Å²) >= 11 is 0. The number of hydrogen-bond donors (Lipinski definition) is 1. The van der Waals surface area contributed by atoms with E-state index in [1.54, 1.807) is 7.11 Å². The first-order valence-corrected chi connectivity index (χ1v) is 11.6. The first-order valence-electron chi connectivity index (χ1n) is 11.6. The topological polar surface area (TPSA) is 79.7 Å². The van der Waals surface area contributed by atoms with Crippen LogP contribution >= 0.6 is 0 Å². The second kappa shape index (κ2) is 8.10. The van der Waals surface area contributed by atoms with Crippen molar-refractivity contribution in [2.24, 2.45) is 0 Å². The number of ketones is 1. The zero-order valence-corrected chi connectivity index (χ0v) is 19.2. The van der Waals surface area contributed by atoms with E-state index in [-0.39, 0.29) is 36.3 Å². The van der Waals surface area contributed by atoms with Crippen LogP contribution in [0.15, 0.2) is 48.5 Å². The summed E-state index contributed by atoms with van der Waals surface area (Å²) in [5.74, 6) is 0.222. The van der Waals surface area contributed by atoms with E-state index >= 15 is 0 Å². The molecule has 5 rings (SSSR count). The van der Waals surface area contributed by atoms with Gasteiger partial charge in [0.25, 0.3) is 0 Å². The van der Waals surface area contributed by atoms with Gasteiger partial charge in [0.15, 0.2) is 5.78 Å². The lowest BCUT2D eigenvalue weighted by molar-refractivity contribution is -0.183. The van der Waals surface area contributed by atoms with Crippen molar-refractivity contribution in [2.45, 2.75) is 62.6 Å². The molecule has 2 aliphatic carbocycles. The molecule has 1 saturated carbocycles. The second-order valence-corrected chi connectivity index (χ2v) is 9.62. The summed E-state index contributed by atoms with van der Waals surface area (Å²) < 4.78 is 11.9. The molecule has 2 bridgehead atoms. The van der Waals surface area contributed by atoms with Gasteiger partial charge in [0.1, 0.15) is 11.4 Å².